The van der Waals surface area contributed by atoms with Crippen LogP contribution in [-0.2, 0) is 6.42 Å². The molecule has 4 nitrogen and oxygen atoms in total. The van der Waals surface area contributed by atoms with Gasteiger partial charge in [0, 0.05) is 44.4 Å². The van der Waals surface area contributed by atoms with Crippen LogP contribution in [0.2, 0.25) is 0 Å². The predicted octanol–water partition coefficient (Wildman–Crippen LogP) is 8.86. The van der Waals surface area contributed by atoms with Gasteiger partial charge in [0.1, 0.15) is 11.3 Å². The average Bonchev–Trinajstić information content (AvgIpc) is 3.71. The molecule has 0 amide bonds. The average molecular weight is 523 g/mol. The van der Waals surface area contributed by atoms with Crippen LogP contribution in [0.25, 0.3) is 77.1 Å². The van der Waals surface area contributed by atoms with Gasteiger partial charge in [-0.2, -0.15) is 0 Å². The lowest BCUT2D eigenvalue weighted by Crippen LogP contribution is -1.99. The number of benzene rings is 5. The van der Waals surface area contributed by atoms with Crippen molar-refractivity contribution in [1.29, 1.82) is 0 Å². The fraction of sp³-hybridized carbons (Fsp3) is 0.0270. The monoisotopic (exact) mass is 522 g/mol. The van der Waals surface area contributed by atoms with Crippen LogP contribution in [0.5, 0.6) is 0 Å². The van der Waals surface area contributed by atoms with E-state index in [1.165, 1.54) is 60.5 Å². The van der Waals surface area contributed by atoms with Crippen molar-refractivity contribution in [3.8, 4) is 16.8 Å². The van der Waals surface area contributed by atoms with Crippen LogP contribution >= 0.6 is 0 Å². The standard InChI is InChI=1S/C37H22N4/c1-2-12-23(13-3-1)40-29-18-8-6-15-25(29)33-32-26-16-10-20-38-36(26)41-30-19-9-7-17-28(30)39-37(41)34(32)27-21-22-11-4-5-14-24(22)31(27)35(33)40/h1-20H,21H2. The van der Waals surface area contributed by atoms with Crippen LogP contribution in [-0.4, -0.2) is 18.9 Å². The van der Waals surface area contributed by atoms with E-state index in [1.807, 2.05) is 6.20 Å². The second-order valence-electron chi connectivity index (χ2n) is 11.0. The lowest BCUT2D eigenvalue weighted by molar-refractivity contribution is 1.18. The fourth-order valence-corrected chi connectivity index (χ4v) is 7.39. The highest BCUT2D eigenvalue weighted by Gasteiger charge is 2.31. The minimum absolute atomic E-state index is 0.874. The van der Waals surface area contributed by atoms with Gasteiger partial charge < -0.3 is 4.57 Å². The molecule has 41 heavy (non-hydrogen) atoms. The second kappa shape index (κ2) is 7.58. The van der Waals surface area contributed by atoms with E-state index < -0.39 is 0 Å². The Hall–Kier alpha value is -5.48. The Morgan fingerprint density at radius 3 is 2.27 bits per heavy atom. The van der Waals surface area contributed by atoms with Crippen molar-refractivity contribution in [1.82, 2.24) is 18.9 Å². The van der Waals surface area contributed by atoms with Crippen LogP contribution < -0.4 is 0 Å². The highest BCUT2D eigenvalue weighted by atomic mass is 15.1. The first-order valence-corrected chi connectivity index (χ1v) is 14.1. The van der Waals surface area contributed by atoms with Gasteiger partial charge in [-0.25, -0.2) is 9.97 Å². The summed E-state index contributed by atoms with van der Waals surface area (Å²) in [6, 6.07) is 41.3. The maximum absolute atomic E-state index is 5.30. The summed E-state index contributed by atoms with van der Waals surface area (Å²) in [7, 11) is 0. The zero-order valence-electron chi connectivity index (χ0n) is 22.0. The molecule has 10 rings (SSSR count). The molecule has 9 aromatic rings. The minimum atomic E-state index is 0.874. The molecule has 0 saturated heterocycles. The molecule has 5 aromatic carbocycles. The Morgan fingerprint density at radius 1 is 0.585 bits per heavy atom. The van der Waals surface area contributed by atoms with Crippen LogP contribution in [0.3, 0.4) is 0 Å². The molecule has 0 atom stereocenters. The van der Waals surface area contributed by atoms with Gasteiger partial charge in [0.05, 0.1) is 22.1 Å². The number of rotatable bonds is 1. The first-order valence-electron chi connectivity index (χ1n) is 14.1. The first-order chi connectivity index (χ1) is 20.4. The molecule has 0 saturated carbocycles. The van der Waals surface area contributed by atoms with Crippen molar-refractivity contribution in [2.75, 3.05) is 0 Å². The van der Waals surface area contributed by atoms with E-state index in [-0.39, 0.29) is 0 Å². The molecule has 0 aliphatic heterocycles. The van der Waals surface area contributed by atoms with Crippen LogP contribution in [0, 0.1) is 0 Å². The summed E-state index contributed by atoms with van der Waals surface area (Å²) < 4.78 is 4.75. The lowest BCUT2D eigenvalue weighted by Gasteiger charge is -2.16. The molecular weight excluding hydrogens is 500 g/mol. The number of hydrogen-bond donors (Lipinski definition) is 0. The minimum Gasteiger partial charge on any atom is -0.309 e. The summed E-state index contributed by atoms with van der Waals surface area (Å²) in [4.78, 5) is 10.3. The van der Waals surface area contributed by atoms with Gasteiger partial charge in [0.15, 0.2) is 0 Å². The maximum atomic E-state index is 5.30. The maximum Gasteiger partial charge on any atom is 0.147 e. The molecule has 1 aliphatic rings. The van der Waals surface area contributed by atoms with E-state index in [0.717, 1.165) is 34.1 Å². The third-order valence-electron chi connectivity index (χ3n) is 8.94. The van der Waals surface area contributed by atoms with Crippen molar-refractivity contribution in [3.63, 3.8) is 0 Å². The number of pyridine rings is 2. The van der Waals surface area contributed by atoms with Gasteiger partial charge in [0.2, 0.25) is 0 Å². The van der Waals surface area contributed by atoms with Crippen molar-refractivity contribution in [2.45, 2.75) is 6.42 Å². The quantitative estimate of drug-likeness (QED) is 0.202. The molecule has 0 spiro atoms. The largest absolute Gasteiger partial charge is 0.309 e. The summed E-state index contributed by atoms with van der Waals surface area (Å²) >= 11 is 0. The molecule has 0 unspecified atom stereocenters. The number of nitrogens with zero attached hydrogens (tertiary/aromatic N) is 4. The highest BCUT2D eigenvalue weighted by Crippen LogP contribution is 2.51. The molecule has 4 heteroatoms. The van der Waals surface area contributed by atoms with Crippen LogP contribution in [0.1, 0.15) is 11.1 Å². The molecule has 1 aliphatic carbocycles. The molecule has 4 heterocycles. The summed E-state index contributed by atoms with van der Waals surface area (Å²) in [6.45, 7) is 0. The molecule has 0 bridgehead atoms. The number of para-hydroxylation sites is 4. The zero-order chi connectivity index (χ0) is 26.7. The van der Waals surface area contributed by atoms with Gasteiger partial charge in [-0.05, 0) is 65.6 Å². The smallest absolute Gasteiger partial charge is 0.147 e. The molecule has 0 radical (unpaired) electrons. The molecule has 0 N–H and O–H groups in total. The van der Waals surface area contributed by atoms with Crippen LogP contribution in [0.15, 0.2) is 121 Å². The Kier molecular flexibility index (Phi) is 3.95. The molecular formula is C37H22N4. The van der Waals surface area contributed by atoms with Crippen molar-refractivity contribution in [3.05, 3.63) is 133 Å². The lowest BCUT2D eigenvalue weighted by atomic mass is 9.93. The fourth-order valence-electron chi connectivity index (χ4n) is 7.39. The predicted molar refractivity (Wildman–Crippen MR) is 168 cm³/mol. The number of imidazole rings is 1. The van der Waals surface area contributed by atoms with Gasteiger partial charge in [-0.1, -0.05) is 72.8 Å². The van der Waals surface area contributed by atoms with E-state index in [1.54, 1.807) is 0 Å². The number of hydrogen-bond acceptors (Lipinski definition) is 2. The topological polar surface area (TPSA) is 35.1 Å². The van der Waals surface area contributed by atoms with E-state index in [4.69, 9.17) is 9.97 Å². The number of fused-ring (bicyclic) bond motifs is 17. The van der Waals surface area contributed by atoms with E-state index in [9.17, 15) is 0 Å². The number of aromatic nitrogens is 4. The first kappa shape index (κ1) is 21.4. The van der Waals surface area contributed by atoms with Crippen molar-refractivity contribution in [2.24, 2.45) is 0 Å². The molecule has 190 valence electrons. The highest BCUT2D eigenvalue weighted by molar-refractivity contribution is 6.34. The third kappa shape index (κ3) is 2.60. The summed E-state index contributed by atoms with van der Waals surface area (Å²) in [5, 5.41) is 6.13. The van der Waals surface area contributed by atoms with E-state index in [0.29, 0.717) is 0 Å². The van der Waals surface area contributed by atoms with Gasteiger partial charge >= 0.3 is 0 Å². The normalized spacial score (nSPS) is 12.8. The summed E-state index contributed by atoms with van der Waals surface area (Å²) in [5.41, 5.74) is 13.0. The van der Waals surface area contributed by atoms with Gasteiger partial charge in [-0.3, -0.25) is 4.40 Å². The summed E-state index contributed by atoms with van der Waals surface area (Å²) in [6.07, 6.45) is 2.77. The van der Waals surface area contributed by atoms with Crippen molar-refractivity contribution >= 4 is 60.3 Å². The zero-order valence-corrected chi connectivity index (χ0v) is 22.0. The molecule has 4 aromatic heterocycles. The SMILES string of the molecule is c1ccc(-n2c3ccccc3c3c4c5cccnc5n5c6ccccc6nc5c4c4c(c32)-c2ccccc2C4)cc1. The Balaban J connectivity index is 1.60. The third-order valence-corrected chi connectivity index (χ3v) is 8.94. The van der Waals surface area contributed by atoms with E-state index >= 15 is 0 Å². The Labute approximate surface area is 234 Å². The second-order valence-corrected chi connectivity index (χ2v) is 11.0. The Bertz CT molecular complexity index is 2550. The van der Waals surface area contributed by atoms with Gasteiger partial charge in [-0.15, -0.1) is 0 Å². The van der Waals surface area contributed by atoms with Gasteiger partial charge in [0.25, 0.3) is 0 Å². The molecule has 0 fully saturated rings. The van der Waals surface area contributed by atoms with E-state index in [2.05, 4.69) is 124 Å². The summed E-state index contributed by atoms with van der Waals surface area (Å²) in [5.74, 6) is 0. The Morgan fingerprint density at radius 2 is 1.34 bits per heavy atom. The van der Waals surface area contributed by atoms with Crippen LogP contribution in [0.4, 0.5) is 0 Å². The van der Waals surface area contributed by atoms with Crippen molar-refractivity contribution < 1.29 is 0 Å².